The minimum atomic E-state index is -2.20. The molecule has 3 aliphatic heterocycles. The van der Waals surface area contributed by atoms with Crippen LogP contribution >= 0.6 is 0 Å². The fourth-order valence-electron chi connectivity index (χ4n) is 7.67. The van der Waals surface area contributed by atoms with E-state index in [2.05, 4.69) is 5.32 Å². The van der Waals surface area contributed by atoms with Crippen LogP contribution in [0.25, 0.3) is 5.57 Å². The molecule has 0 radical (unpaired) electrons. The van der Waals surface area contributed by atoms with E-state index in [1.807, 2.05) is 0 Å². The summed E-state index contributed by atoms with van der Waals surface area (Å²) in [6.45, 7) is 13.5. The molecule has 0 spiro atoms. The van der Waals surface area contributed by atoms with E-state index < -0.39 is 95.8 Å². The van der Waals surface area contributed by atoms with Crippen molar-refractivity contribution in [2.24, 2.45) is 23.7 Å². The Balaban J connectivity index is 2.08. The van der Waals surface area contributed by atoms with Gasteiger partial charge in [0.2, 0.25) is 6.79 Å². The predicted molar refractivity (Wildman–Crippen MR) is 208 cm³/mol. The Morgan fingerprint density at radius 1 is 0.897 bits per heavy atom. The summed E-state index contributed by atoms with van der Waals surface area (Å²) in [7, 11) is 1.05. The van der Waals surface area contributed by atoms with Crippen LogP contribution in [-0.4, -0.2) is 99.1 Å². The number of anilines is 1. The lowest BCUT2D eigenvalue weighted by molar-refractivity contribution is -0.171. The van der Waals surface area contributed by atoms with E-state index in [0.29, 0.717) is 0 Å². The first-order chi connectivity index (χ1) is 27.0. The van der Waals surface area contributed by atoms with Crippen LogP contribution in [0.3, 0.4) is 0 Å². The van der Waals surface area contributed by atoms with Gasteiger partial charge >= 0.3 is 17.9 Å². The van der Waals surface area contributed by atoms with Crippen molar-refractivity contribution in [1.82, 2.24) is 0 Å². The number of amides is 1. The number of benzene rings is 1. The number of aromatic hydroxyl groups is 1. The molecule has 9 unspecified atom stereocenters. The molecule has 0 saturated heterocycles. The van der Waals surface area contributed by atoms with E-state index >= 15 is 0 Å². The highest BCUT2D eigenvalue weighted by molar-refractivity contribution is 6.21. The molecule has 1 aromatic rings. The van der Waals surface area contributed by atoms with Crippen LogP contribution in [0, 0.1) is 30.6 Å². The fraction of sp³-hybridized carbons (Fsp3) is 0.500. The van der Waals surface area contributed by atoms with Crippen LogP contribution in [0.2, 0.25) is 0 Å². The zero-order chi connectivity index (χ0) is 43.7. The molecule has 0 saturated carbocycles. The maximum atomic E-state index is 14.0. The minimum Gasteiger partial charge on any atom is -0.505 e. The number of Topliss-reactive ketones (excluding diaryl/α,β-unsaturated/α-hetero) is 1. The Hall–Kier alpha value is -5.29. The third-order valence-electron chi connectivity index (χ3n) is 10.9. The van der Waals surface area contributed by atoms with Crippen molar-refractivity contribution < 1.29 is 73.2 Å². The number of allylic oxidation sites excluding steroid dienone is 5. The van der Waals surface area contributed by atoms with Crippen LogP contribution in [0.4, 0.5) is 5.69 Å². The number of carbonyl (C=O) groups is 5. The second-order valence-electron chi connectivity index (χ2n) is 15.3. The van der Waals surface area contributed by atoms with Crippen LogP contribution in [0.15, 0.2) is 52.5 Å². The van der Waals surface area contributed by atoms with Crippen molar-refractivity contribution in [3.05, 3.63) is 69.2 Å². The van der Waals surface area contributed by atoms with E-state index in [0.717, 1.165) is 21.0 Å². The molecular weight excluding hydrogens is 758 g/mol. The van der Waals surface area contributed by atoms with Gasteiger partial charge in [0.15, 0.2) is 11.5 Å². The van der Waals surface area contributed by atoms with Gasteiger partial charge in [-0.05, 0) is 46.3 Å². The molecule has 316 valence electrons. The number of phenols is 1. The van der Waals surface area contributed by atoms with E-state index in [1.165, 1.54) is 66.7 Å². The summed E-state index contributed by atoms with van der Waals surface area (Å²) >= 11 is 0. The van der Waals surface area contributed by atoms with Crippen molar-refractivity contribution >= 4 is 40.9 Å². The minimum absolute atomic E-state index is 0.00899. The number of ketones is 1. The molecule has 5 rings (SSSR count). The molecule has 1 aromatic carbocycles. The van der Waals surface area contributed by atoms with Gasteiger partial charge in [0.05, 0.1) is 42.2 Å². The zero-order valence-corrected chi connectivity index (χ0v) is 34.5. The summed E-state index contributed by atoms with van der Waals surface area (Å²) in [6.07, 6.45) is -0.755. The Bertz CT molecular complexity index is 2040. The monoisotopic (exact) mass is 811 g/mol. The molecule has 16 nitrogen and oxygen atoms in total. The average molecular weight is 812 g/mol. The normalized spacial score (nSPS) is 32.1. The second kappa shape index (κ2) is 17.7. The molecule has 3 heterocycles. The van der Waals surface area contributed by atoms with E-state index in [1.54, 1.807) is 13.0 Å². The number of nitrogens with one attached hydrogen (secondary N) is 1. The molecule has 4 aliphatic rings. The quantitative estimate of drug-likeness (QED) is 0.145. The Morgan fingerprint density at radius 3 is 2.09 bits per heavy atom. The van der Waals surface area contributed by atoms with E-state index in [9.17, 15) is 49.5 Å². The lowest BCUT2D eigenvalue weighted by atomic mass is 9.75. The highest BCUT2D eigenvalue weighted by atomic mass is 16.7. The first-order valence-electron chi connectivity index (χ1n) is 18.7. The van der Waals surface area contributed by atoms with Gasteiger partial charge in [0.1, 0.15) is 34.9 Å². The zero-order valence-electron chi connectivity index (χ0n) is 34.5. The van der Waals surface area contributed by atoms with Crippen LogP contribution < -0.4 is 10.1 Å². The smallest absolute Gasteiger partial charge is 0.313 e. The van der Waals surface area contributed by atoms with Crippen molar-refractivity contribution in [2.45, 2.75) is 99.3 Å². The predicted octanol–water partition coefficient (Wildman–Crippen LogP) is 3.68. The number of fused-ring (bicyclic) bond motifs is 14. The lowest BCUT2D eigenvalue weighted by Crippen LogP contribution is -2.53. The number of esters is 3. The van der Waals surface area contributed by atoms with Gasteiger partial charge in [-0.1, -0.05) is 39.0 Å². The topological polar surface area (TPSA) is 245 Å². The van der Waals surface area contributed by atoms with E-state index in [4.69, 9.17) is 23.7 Å². The Morgan fingerprint density at radius 2 is 1.50 bits per heavy atom. The Labute approximate surface area is 336 Å². The van der Waals surface area contributed by atoms with Crippen LogP contribution in [0.1, 0.15) is 83.8 Å². The first-order valence-corrected chi connectivity index (χ1v) is 18.7. The summed E-state index contributed by atoms with van der Waals surface area (Å²) in [5.41, 5.74) is -2.47. The maximum absolute atomic E-state index is 14.0. The average Bonchev–Trinajstić information content (AvgIpc) is 3.16. The van der Waals surface area contributed by atoms with Crippen LogP contribution in [0.5, 0.6) is 11.5 Å². The molecular formula is C42H53NO15. The van der Waals surface area contributed by atoms with E-state index in [-0.39, 0.29) is 61.9 Å². The first kappa shape index (κ1) is 45.4. The number of methoxy groups -OCH3 is 1. The molecule has 16 heteroatoms. The SMILES string of the molecule is COC(=O)C1C(O)C(C)C(OC(C)=O)C(C)/C=C\C=C(/C)C(=O)Nc2c(C)c(OC(C)=O)c3c(c2O)C(=O)C(C)=C2OCOC(=C23)/C(C)=C\C(C)(O)C(O)C(C)C1O. The summed E-state index contributed by atoms with van der Waals surface area (Å²) in [4.78, 5) is 65.7. The third kappa shape index (κ3) is 8.74. The number of aliphatic hydroxyl groups excluding tert-OH is 3. The number of aliphatic hydroxyl groups is 4. The highest BCUT2D eigenvalue weighted by Crippen LogP contribution is 2.53. The van der Waals surface area contributed by atoms with Gasteiger partial charge in [0.25, 0.3) is 5.91 Å². The number of hydrogen-bond acceptors (Lipinski definition) is 15. The molecule has 0 fully saturated rings. The standard InChI is InChI=1S/C42H53NO15/c1-17-13-12-14-18(2)40(51)43-30-20(4)38(58-25(9)45)26-27(34(30)49)31(46)22(6)37-28(26)36(55-16-56-37)19(3)15-42(10,53)39(50)23(7)33(48)29(41(52)54-11)32(47)21(5)35(17)57-24(8)44/h12-15,17,21,23,29,32-33,35,39,47-50,53H,16H2,1-11H3,(H,43,51)/b13-12-,18-14+,19-15-. The number of carbonyl (C=O) groups excluding carboxylic acids is 5. The van der Waals surface area contributed by atoms with Gasteiger partial charge in [-0.2, -0.15) is 0 Å². The summed E-state index contributed by atoms with van der Waals surface area (Å²) in [5, 5.41) is 61.2. The summed E-state index contributed by atoms with van der Waals surface area (Å²) in [5.74, 6) is -9.54. The summed E-state index contributed by atoms with van der Waals surface area (Å²) < 4.78 is 28.0. The van der Waals surface area contributed by atoms with Gasteiger partial charge < -0.3 is 54.5 Å². The van der Waals surface area contributed by atoms with Crippen molar-refractivity contribution in [1.29, 1.82) is 0 Å². The van der Waals surface area contributed by atoms with Crippen molar-refractivity contribution in [3.63, 3.8) is 0 Å². The van der Waals surface area contributed by atoms with Gasteiger partial charge in [-0.25, -0.2) is 0 Å². The largest absolute Gasteiger partial charge is 0.505 e. The highest BCUT2D eigenvalue weighted by Gasteiger charge is 2.48. The van der Waals surface area contributed by atoms with Gasteiger partial charge in [-0.3, -0.25) is 24.0 Å². The number of rotatable bonds is 3. The number of hydrogen-bond donors (Lipinski definition) is 6. The van der Waals surface area contributed by atoms with Gasteiger partial charge in [-0.15, -0.1) is 0 Å². The maximum Gasteiger partial charge on any atom is 0.313 e. The molecule has 9 atom stereocenters. The molecule has 1 aliphatic carbocycles. The van der Waals surface area contributed by atoms with Crippen molar-refractivity contribution in [3.8, 4) is 11.5 Å². The Kier molecular flexibility index (Phi) is 13.8. The lowest BCUT2D eigenvalue weighted by Gasteiger charge is -2.39. The second-order valence-corrected chi connectivity index (χ2v) is 15.3. The molecule has 4 bridgehead atoms. The summed E-state index contributed by atoms with van der Waals surface area (Å²) in [6, 6.07) is 0. The fourth-order valence-corrected chi connectivity index (χ4v) is 7.67. The molecule has 6 N–H and O–H groups in total. The molecule has 58 heavy (non-hydrogen) atoms. The molecule has 1 amide bonds. The third-order valence-corrected chi connectivity index (χ3v) is 10.9. The van der Waals surface area contributed by atoms with Gasteiger partial charge in [0, 0.05) is 53.9 Å². The number of phenolic OH excluding ortho intramolecular Hbond substituents is 1. The number of ether oxygens (including phenoxy) is 5. The van der Waals surface area contributed by atoms with Crippen molar-refractivity contribution in [2.75, 3.05) is 19.2 Å². The molecule has 0 aromatic heterocycles. The van der Waals surface area contributed by atoms with Crippen LogP contribution in [-0.2, 0) is 38.1 Å².